The van der Waals surface area contributed by atoms with Crippen molar-refractivity contribution in [3.05, 3.63) is 65.0 Å². The van der Waals surface area contributed by atoms with Crippen molar-refractivity contribution < 1.29 is 12.8 Å². The Morgan fingerprint density at radius 2 is 1.82 bits per heavy atom. The third-order valence-electron chi connectivity index (χ3n) is 3.43. The van der Waals surface area contributed by atoms with Crippen LogP contribution < -0.4 is 4.90 Å². The van der Waals surface area contributed by atoms with Crippen LogP contribution in [0.2, 0.25) is 0 Å². The van der Waals surface area contributed by atoms with Crippen LogP contribution >= 0.6 is 0 Å². The summed E-state index contributed by atoms with van der Waals surface area (Å²) in [5.74, 6) is -0.542. The maximum atomic E-state index is 13.6. The Morgan fingerprint density at radius 1 is 1.14 bits per heavy atom. The smallest absolute Gasteiger partial charge is 0.220 e. The Kier molecular flexibility index (Phi) is 3.23. The molecule has 6 heteroatoms. The first-order chi connectivity index (χ1) is 10.4. The van der Waals surface area contributed by atoms with Gasteiger partial charge in [-0.05, 0) is 37.3 Å². The fourth-order valence-electron chi connectivity index (χ4n) is 2.29. The summed E-state index contributed by atoms with van der Waals surface area (Å²) in [4.78, 5) is 1.07. The fourth-order valence-corrected chi connectivity index (χ4v) is 3.57. The zero-order chi connectivity index (χ0) is 15.9. The predicted octanol–water partition coefficient (Wildman–Crippen LogP) is 3.42. The molecule has 22 heavy (non-hydrogen) atoms. The minimum Gasteiger partial charge on any atom is -0.314 e. The van der Waals surface area contributed by atoms with E-state index in [1.807, 2.05) is 19.1 Å². The van der Waals surface area contributed by atoms with Crippen molar-refractivity contribution >= 4 is 21.2 Å². The normalized spacial score (nSPS) is 15.7. The van der Waals surface area contributed by atoms with Crippen molar-refractivity contribution in [2.45, 2.75) is 11.8 Å². The molecule has 0 saturated heterocycles. The lowest BCUT2D eigenvalue weighted by Crippen LogP contribution is -2.21. The number of benzene rings is 2. The summed E-state index contributed by atoms with van der Waals surface area (Å²) in [6, 6.07) is 12.4. The summed E-state index contributed by atoms with van der Waals surface area (Å²) >= 11 is 0. The van der Waals surface area contributed by atoms with Crippen molar-refractivity contribution in [2.24, 2.45) is 0 Å². The third kappa shape index (κ3) is 2.16. The first-order valence-electron chi connectivity index (χ1n) is 6.46. The summed E-state index contributed by atoms with van der Waals surface area (Å²) in [5, 5.41) is 9.12. The van der Waals surface area contributed by atoms with Crippen molar-refractivity contribution in [2.75, 3.05) is 4.90 Å². The SMILES string of the molecule is Cc1ccc(N2C=C(C#N)S(=O)(=O)c3ccc(F)cc32)cc1. The number of sulfone groups is 1. The molecule has 0 spiro atoms. The number of halogens is 1. The van der Waals surface area contributed by atoms with Crippen molar-refractivity contribution in [3.8, 4) is 6.07 Å². The molecular weight excluding hydrogens is 303 g/mol. The maximum Gasteiger partial charge on any atom is 0.220 e. The molecule has 0 N–H and O–H groups in total. The zero-order valence-electron chi connectivity index (χ0n) is 11.6. The van der Waals surface area contributed by atoms with Gasteiger partial charge in [0.15, 0.2) is 4.91 Å². The summed E-state index contributed by atoms with van der Waals surface area (Å²) < 4.78 is 38.2. The standard InChI is InChI=1S/C16H11FN2O2S/c1-11-2-5-13(6-3-11)19-10-14(9-18)22(20,21)16-7-4-12(17)8-15(16)19/h2-8,10H,1H3. The highest BCUT2D eigenvalue weighted by molar-refractivity contribution is 7.95. The maximum absolute atomic E-state index is 13.6. The monoisotopic (exact) mass is 314 g/mol. The number of anilines is 2. The molecule has 0 aromatic heterocycles. The van der Waals surface area contributed by atoms with Gasteiger partial charge >= 0.3 is 0 Å². The second kappa shape index (κ2) is 4.97. The molecule has 0 amide bonds. The minimum absolute atomic E-state index is 0.0754. The fraction of sp³-hybridized carbons (Fsp3) is 0.0625. The number of aryl methyl sites for hydroxylation is 1. The summed E-state index contributed by atoms with van der Waals surface area (Å²) in [6.07, 6.45) is 1.22. The van der Waals surface area contributed by atoms with Gasteiger partial charge in [0, 0.05) is 11.9 Å². The van der Waals surface area contributed by atoms with E-state index in [1.165, 1.54) is 17.2 Å². The van der Waals surface area contributed by atoms with E-state index < -0.39 is 15.7 Å². The first-order valence-corrected chi connectivity index (χ1v) is 7.94. The molecule has 0 unspecified atom stereocenters. The lowest BCUT2D eigenvalue weighted by Gasteiger charge is -2.27. The van der Waals surface area contributed by atoms with Crippen LogP contribution in [-0.4, -0.2) is 8.42 Å². The van der Waals surface area contributed by atoms with Gasteiger partial charge in [-0.1, -0.05) is 17.7 Å². The van der Waals surface area contributed by atoms with Crippen LogP contribution in [0.25, 0.3) is 0 Å². The molecule has 0 fully saturated rings. The molecule has 0 saturated carbocycles. The van der Waals surface area contributed by atoms with E-state index in [2.05, 4.69) is 0 Å². The van der Waals surface area contributed by atoms with E-state index in [0.717, 1.165) is 17.7 Å². The number of nitriles is 1. The second-order valence-electron chi connectivity index (χ2n) is 4.93. The van der Waals surface area contributed by atoms with Crippen LogP contribution in [-0.2, 0) is 9.84 Å². The molecule has 0 aliphatic carbocycles. The second-order valence-corrected chi connectivity index (χ2v) is 6.81. The van der Waals surface area contributed by atoms with Gasteiger partial charge in [0.05, 0.1) is 10.6 Å². The topological polar surface area (TPSA) is 61.2 Å². The van der Waals surface area contributed by atoms with Gasteiger partial charge in [-0.15, -0.1) is 0 Å². The highest BCUT2D eigenvalue weighted by Crippen LogP contribution is 2.39. The highest BCUT2D eigenvalue weighted by Gasteiger charge is 2.32. The zero-order valence-corrected chi connectivity index (χ0v) is 12.4. The number of allylic oxidation sites excluding steroid dienone is 1. The Labute approximate surface area is 127 Å². The van der Waals surface area contributed by atoms with Crippen LogP contribution in [0.3, 0.4) is 0 Å². The number of fused-ring (bicyclic) bond motifs is 1. The van der Waals surface area contributed by atoms with Gasteiger partial charge in [-0.2, -0.15) is 5.26 Å². The van der Waals surface area contributed by atoms with Crippen LogP contribution in [0.1, 0.15) is 5.56 Å². The number of hydrogen-bond acceptors (Lipinski definition) is 4. The van der Waals surface area contributed by atoms with E-state index in [4.69, 9.17) is 5.26 Å². The van der Waals surface area contributed by atoms with E-state index in [9.17, 15) is 12.8 Å². The van der Waals surface area contributed by atoms with Crippen molar-refractivity contribution in [3.63, 3.8) is 0 Å². The van der Waals surface area contributed by atoms with Gasteiger partial charge < -0.3 is 4.90 Å². The minimum atomic E-state index is -3.91. The number of rotatable bonds is 1. The van der Waals surface area contributed by atoms with Gasteiger partial charge in [0.2, 0.25) is 9.84 Å². The van der Waals surface area contributed by atoms with E-state index in [-0.39, 0.29) is 15.5 Å². The van der Waals surface area contributed by atoms with Crippen LogP contribution in [0, 0.1) is 24.1 Å². The lowest BCUT2D eigenvalue weighted by atomic mass is 10.2. The Hall–Kier alpha value is -2.65. The molecule has 1 aliphatic heterocycles. The highest BCUT2D eigenvalue weighted by atomic mass is 32.2. The molecule has 0 atom stereocenters. The van der Waals surface area contributed by atoms with Gasteiger partial charge in [0.25, 0.3) is 0 Å². The Morgan fingerprint density at radius 3 is 2.45 bits per heavy atom. The first kappa shape index (κ1) is 14.3. The molecule has 2 aromatic carbocycles. The number of nitrogens with zero attached hydrogens (tertiary/aromatic N) is 2. The molecule has 4 nitrogen and oxygen atoms in total. The van der Waals surface area contributed by atoms with Crippen LogP contribution in [0.15, 0.2) is 58.5 Å². The average Bonchev–Trinajstić information content (AvgIpc) is 2.48. The van der Waals surface area contributed by atoms with Crippen molar-refractivity contribution in [1.29, 1.82) is 5.26 Å². The van der Waals surface area contributed by atoms with E-state index >= 15 is 0 Å². The largest absolute Gasteiger partial charge is 0.314 e. The quantitative estimate of drug-likeness (QED) is 0.757. The molecule has 3 rings (SSSR count). The molecule has 2 aromatic rings. The lowest BCUT2D eigenvalue weighted by molar-refractivity contribution is 0.600. The molecule has 110 valence electrons. The predicted molar refractivity (Wildman–Crippen MR) is 80.6 cm³/mol. The number of hydrogen-bond donors (Lipinski definition) is 0. The van der Waals surface area contributed by atoms with Gasteiger partial charge in [-0.3, -0.25) is 0 Å². The molecule has 1 heterocycles. The van der Waals surface area contributed by atoms with Crippen LogP contribution in [0.4, 0.5) is 15.8 Å². The van der Waals surface area contributed by atoms with Gasteiger partial charge in [0.1, 0.15) is 11.9 Å². The molecule has 0 bridgehead atoms. The molecule has 1 aliphatic rings. The molecule has 0 radical (unpaired) electrons. The third-order valence-corrected chi connectivity index (χ3v) is 5.13. The summed E-state index contributed by atoms with van der Waals surface area (Å²) in [5.41, 5.74) is 1.89. The van der Waals surface area contributed by atoms with Crippen molar-refractivity contribution in [1.82, 2.24) is 0 Å². The van der Waals surface area contributed by atoms with Gasteiger partial charge in [-0.25, -0.2) is 12.8 Å². The summed E-state index contributed by atoms with van der Waals surface area (Å²) in [6.45, 7) is 1.93. The Balaban J connectivity index is 2.29. The van der Waals surface area contributed by atoms with E-state index in [1.54, 1.807) is 18.2 Å². The molecular formula is C16H11FN2O2S. The Bertz CT molecular complexity index is 926. The van der Waals surface area contributed by atoms with E-state index in [0.29, 0.717) is 5.69 Å². The van der Waals surface area contributed by atoms with Crippen LogP contribution in [0.5, 0.6) is 0 Å². The average molecular weight is 314 g/mol. The summed E-state index contributed by atoms with van der Waals surface area (Å²) in [7, 11) is -3.91.